The first-order valence-corrected chi connectivity index (χ1v) is 11.8. The maximum atomic E-state index is 13.1. The standard InChI is InChI=1S/C22H28Br2O3/c1-20-9-7-14(26)11-13(20)3-4-15-16-5-6-18(19(27)22(23,24)12-25)21(16,2)10-8-17(15)20/h11-12,15-18H,3-10H2,1-2H3/t15-,16-,17-,18+,20-,21-/m0/s1. The zero-order valence-electron chi connectivity index (χ0n) is 16.1. The first kappa shape index (κ1) is 20.0. The molecule has 4 rings (SSSR count). The maximum Gasteiger partial charge on any atom is 0.193 e. The minimum Gasteiger partial charge on any atom is -0.300 e. The predicted octanol–water partition coefficient (Wildman–Crippen LogP) is 5.39. The van der Waals surface area contributed by atoms with Crippen LogP contribution in [-0.4, -0.2) is 21.1 Å². The number of ketones is 2. The summed E-state index contributed by atoms with van der Waals surface area (Å²) in [6.07, 6.45) is 10.6. The monoisotopic (exact) mass is 498 g/mol. The SMILES string of the molecule is C[C@]12CC[C@H]3[C@@H](CCC4=CC(=O)CC[C@@]43C)[C@@H]1CC[C@@H]2C(=O)C(Br)(Br)C=O. The third-order valence-electron chi connectivity index (χ3n) is 8.76. The van der Waals surface area contributed by atoms with E-state index in [1.165, 1.54) is 5.57 Å². The van der Waals surface area contributed by atoms with Crippen LogP contribution < -0.4 is 0 Å². The Hall–Kier alpha value is -0.290. The molecule has 0 radical (unpaired) electrons. The number of Topliss-reactive ketones (excluding diaryl/α,β-unsaturated/α-hetero) is 1. The Balaban J connectivity index is 1.63. The van der Waals surface area contributed by atoms with Crippen LogP contribution in [0.5, 0.6) is 0 Å². The number of hydrogen-bond acceptors (Lipinski definition) is 3. The second-order valence-electron chi connectivity index (χ2n) is 9.75. The van der Waals surface area contributed by atoms with Crippen LogP contribution in [0.25, 0.3) is 0 Å². The molecule has 0 amide bonds. The average Bonchev–Trinajstić information content (AvgIpc) is 2.98. The van der Waals surface area contributed by atoms with Gasteiger partial charge >= 0.3 is 0 Å². The van der Waals surface area contributed by atoms with Gasteiger partial charge < -0.3 is 4.79 Å². The van der Waals surface area contributed by atoms with E-state index in [0.29, 0.717) is 36.2 Å². The fraction of sp³-hybridized carbons (Fsp3) is 0.773. The number of hydrogen-bond donors (Lipinski definition) is 0. The Morgan fingerprint density at radius 3 is 2.56 bits per heavy atom. The molecule has 0 heterocycles. The van der Waals surface area contributed by atoms with Gasteiger partial charge in [0.1, 0.15) is 0 Å². The molecule has 3 saturated carbocycles. The molecule has 0 aromatic carbocycles. The molecule has 0 aromatic heterocycles. The van der Waals surface area contributed by atoms with Crippen molar-refractivity contribution in [2.45, 2.75) is 68.4 Å². The molecule has 0 unspecified atom stereocenters. The Bertz CT molecular complexity index is 727. The van der Waals surface area contributed by atoms with E-state index in [0.717, 1.165) is 44.9 Å². The van der Waals surface area contributed by atoms with Crippen LogP contribution in [0.1, 0.15) is 65.2 Å². The van der Waals surface area contributed by atoms with Gasteiger partial charge in [0, 0.05) is 12.3 Å². The van der Waals surface area contributed by atoms with E-state index in [1.54, 1.807) is 0 Å². The number of carbonyl (C=O) groups is 3. The van der Waals surface area contributed by atoms with Crippen molar-refractivity contribution in [1.82, 2.24) is 0 Å². The molecule has 3 nitrogen and oxygen atoms in total. The summed E-state index contributed by atoms with van der Waals surface area (Å²) in [5.74, 6) is 2.03. The normalized spacial score (nSPS) is 44.0. The lowest BCUT2D eigenvalue weighted by Crippen LogP contribution is -2.52. The van der Waals surface area contributed by atoms with Gasteiger partial charge in [0.15, 0.2) is 21.1 Å². The molecule has 0 saturated heterocycles. The lowest BCUT2D eigenvalue weighted by atomic mass is 9.46. The second-order valence-corrected chi connectivity index (χ2v) is 13.3. The van der Waals surface area contributed by atoms with E-state index < -0.39 is 3.23 Å². The minimum atomic E-state index is -1.24. The van der Waals surface area contributed by atoms with Gasteiger partial charge in [-0.15, -0.1) is 0 Å². The van der Waals surface area contributed by atoms with Gasteiger partial charge in [-0.1, -0.05) is 51.3 Å². The lowest BCUT2D eigenvalue weighted by Gasteiger charge is -2.58. The number of alkyl halides is 2. The molecule has 3 fully saturated rings. The Kier molecular flexibility index (Phi) is 4.90. The number of allylic oxidation sites excluding steroid dienone is 1. The smallest absolute Gasteiger partial charge is 0.193 e. The number of rotatable bonds is 3. The molecule has 148 valence electrons. The first-order chi connectivity index (χ1) is 12.6. The topological polar surface area (TPSA) is 51.2 Å². The van der Waals surface area contributed by atoms with Crippen molar-refractivity contribution in [3.8, 4) is 0 Å². The van der Waals surface area contributed by atoms with E-state index in [9.17, 15) is 14.4 Å². The van der Waals surface area contributed by atoms with Crippen molar-refractivity contribution in [1.29, 1.82) is 0 Å². The number of fused-ring (bicyclic) bond motifs is 5. The predicted molar refractivity (Wildman–Crippen MR) is 112 cm³/mol. The fourth-order valence-electron chi connectivity index (χ4n) is 7.28. The summed E-state index contributed by atoms with van der Waals surface area (Å²) in [5, 5.41) is 0. The van der Waals surface area contributed by atoms with E-state index in [-0.39, 0.29) is 22.5 Å². The van der Waals surface area contributed by atoms with Crippen LogP contribution >= 0.6 is 31.9 Å². The van der Waals surface area contributed by atoms with Crippen molar-refractivity contribution in [3.05, 3.63) is 11.6 Å². The molecular formula is C22H28Br2O3. The highest BCUT2D eigenvalue weighted by atomic mass is 79.9. The first-order valence-electron chi connectivity index (χ1n) is 10.3. The van der Waals surface area contributed by atoms with Crippen molar-refractivity contribution in [2.75, 3.05) is 0 Å². The highest BCUT2D eigenvalue weighted by Crippen LogP contribution is 2.67. The third kappa shape index (κ3) is 2.89. The molecule has 5 heteroatoms. The number of carbonyl (C=O) groups excluding carboxylic acids is 3. The third-order valence-corrected chi connectivity index (χ3v) is 9.91. The summed E-state index contributed by atoms with van der Waals surface area (Å²) in [6, 6.07) is 0. The fourth-order valence-corrected chi connectivity index (χ4v) is 7.83. The molecule has 4 aliphatic carbocycles. The van der Waals surface area contributed by atoms with Crippen LogP contribution in [0.2, 0.25) is 0 Å². The number of halogens is 2. The van der Waals surface area contributed by atoms with Crippen molar-refractivity contribution >= 4 is 49.7 Å². The number of aldehydes is 1. The van der Waals surface area contributed by atoms with Crippen molar-refractivity contribution in [3.63, 3.8) is 0 Å². The molecule has 4 aliphatic rings. The summed E-state index contributed by atoms with van der Waals surface area (Å²) in [7, 11) is 0. The lowest BCUT2D eigenvalue weighted by molar-refractivity contribution is -0.132. The molecule has 27 heavy (non-hydrogen) atoms. The van der Waals surface area contributed by atoms with Gasteiger partial charge in [-0.05, 0) is 79.6 Å². The van der Waals surface area contributed by atoms with Gasteiger partial charge in [-0.25, -0.2) is 0 Å². The van der Waals surface area contributed by atoms with Crippen molar-refractivity contribution in [2.24, 2.45) is 34.5 Å². The summed E-state index contributed by atoms with van der Waals surface area (Å²) >= 11 is 6.57. The Labute approximate surface area is 178 Å². The highest BCUT2D eigenvalue weighted by Gasteiger charge is 2.61. The molecule has 0 spiro atoms. The summed E-state index contributed by atoms with van der Waals surface area (Å²) in [5.41, 5.74) is 1.53. The second kappa shape index (κ2) is 6.62. The van der Waals surface area contributed by atoms with Crippen LogP contribution in [0, 0.1) is 34.5 Å². The van der Waals surface area contributed by atoms with Gasteiger partial charge in [-0.2, -0.15) is 0 Å². The van der Waals surface area contributed by atoms with Gasteiger partial charge in [-0.3, -0.25) is 9.59 Å². The van der Waals surface area contributed by atoms with E-state index in [2.05, 4.69) is 45.7 Å². The molecule has 0 aromatic rings. The largest absolute Gasteiger partial charge is 0.300 e. The van der Waals surface area contributed by atoms with Crippen molar-refractivity contribution < 1.29 is 14.4 Å². The molecular weight excluding hydrogens is 472 g/mol. The quantitative estimate of drug-likeness (QED) is 0.297. The van der Waals surface area contributed by atoms with Crippen LogP contribution in [0.4, 0.5) is 0 Å². The Morgan fingerprint density at radius 2 is 1.85 bits per heavy atom. The molecule has 0 aliphatic heterocycles. The van der Waals surface area contributed by atoms with E-state index in [4.69, 9.17) is 0 Å². The summed E-state index contributed by atoms with van der Waals surface area (Å²) in [4.78, 5) is 36.4. The minimum absolute atomic E-state index is 0.00757. The van der Waals surface area contributed by atoms with E-state index >= 15 is 0 Å². The van der Waals surface area contributed by atoms with Gasteiger partial charge in [0.25, 0.3) is 0 Å². The van der Waals surface area contributed by atoms with E-state index in [1.807, 2.05) is 6.08 Å². The maximum absolute atomic E-state index is 13.1. The van der Waals surface area contributed by atoms with Gasteiger partial charge in [0.05, 0.1) is 0 Å². The van der Waals surface area contributed by atoms with Crippen LogP contribution in [0.3, 0.4) is 0 Å². The zero-order chi connectivity index (χ0) is 19.6. The summed E-state index contributed by atoms with van der Waals surface area (Å²) in [6.45, 7) is 4.68. The average molecular weight is 500 g/mol. The summed E-state index contributed by atoms with van der Waals surface area (Å²) < 4.78 is -1.24. The molecule has 0 N–H and O–H groups in total. The van der Waals surface area contributed by atoms with Crippen LogP contribution in [-0.2, 0) is 14.4 Å². The Morgan fingerprint density at radius 1 is 1.11 bits per heavy atom. The highest BCUT2D eigenvalue weighted by molar-refractivity contribution is 9.26. The zero-order valence-corrected chi connectivity index (χ0v) is 19.3. The molecule has 6 atom stereocenters. The van der Waals surface area contributed by atoms with Gasteiger partial charge in [0.2, 0.25) is 0 Å². The molecule has 0 bridgehead atoms. The van der Waals surface area contributed by atoms with Crippen LogP contribution in [0.15, 0.2) is 11.6 Å².